The van der Waals surface area contributed by atoms with Crippen molar-refractivity contribution < 1.29 is 14.6 Å². The first-order valence-corrected chi connectivity index (χ1v) is 7.33. The van der Waals surface area contributed by atoms with Gasteiger partial charge in [-0.1, -0.05) is 13.3 Å². The second-order valence-electron chi connectivity index (χ2n) is 5.23. The molecule has 114 valence electrons. The third-order valence-electron chi connectivity index (χ3n) is 3.42. The Morgan fingerprint density at radius 3 is 3.05 bits per heavy atom. The fourth-order valence-corrected chi connectivity index (χ4v) is 2.36. The van der Waals surface area contributed by atoms with Crippen molar-refractivity contribution in [1.29, 1.82) is 0 Å². The Kier molecular flexibility index (Phi) is 5.09. The Morgan fingerprint density at radius 2 is 2.29 bits per heavy atom. The van der Waals surface area contributed by atoms with Crippen LogP contribution in [0.4, 0.5) is 4.79 Å². The van der Waals surface area contributed by atoms with Crippen LogP contribution in [0, 0.1) is 0 Å². The topological polar surface area (TPSA) is 74.3 Å². The van der Waals surface area contributed by atoms with Crippen LogP contribution >= 0.6 is 0 Å². The Bertz CT molecular complexity index is 607. The number of hydrogen-bond donors (Lipinski definition) is 3. The number of carbonyl (C=O) groups is 1. The summed E-state index contributed by atoms with van der Waals surface area (Å²) in [5.41, 5.74) is 2.03. The third-order valence-corrected chi connectivity index (χ3v) is 3.42. The number of alkyl carbamates (subject to hydrolysis) is 1. The lowest BCUT2D eigenvalue weighted by molar-refractivity contribution is 0.102. The van der Waals surface area contributed by atoms with Crippen molar-refractivity contribution in [3.8, 4) is 5.75 Å². The van der Waals surface area contributed by atoms with Gasteiger partial charge in [0.15, 0.2) is 0 Å². The molecule has 0 saturated carbocycles. The molecule has 0 aliphatic rings. The average Bonchev–Trinajstić information content (AvgIpc) is 2.81. The normalized spacial score (nSPS) is 12.3. The van der Waals surface area contributed by atoms with Gasteiger partial charge in [-0.25, -0.2) is 4.79 Å². The van der Waals surface area contributed by atoms with Gasteiger partial charge >= 0.3 is 6.09 Å². The zero-order valence-electron chi connectivity index (χ0n) is 12.5. The number of nitrogens with one attached hydrogen (secondary N) is 2. The summed E-state index contributed by atoms with van der Waals surface area (Å²) in [7, 11) is 0. The number of phenolic OH excluding ortho intramolecular Hbond substituents is 1. The number of carbonyl (C=O) groups excluding carboxylic acids is 1. The van der Waals surface area contributed by atoms with Crippen LogP contribution < -0.4 is 5.32 Å². The molecule has 0 radical (unpaired) electrons. The maximum atomic E-state index is 11.6. The maximum absolute atomic E-state index is 11.6. The summed E-state index contributed by atoms with van der Waals surface area (Å²) in [5.74, 6) is 0.240. The summed E-state index contributed by atoms with van der Waals surface area (Å²) in [6.45, 7) is 4.45. The van der Waals surface area contributed by atoms with Gasteiger partial charge in [0.25, 0.3) is 0 Å². The Morgan fingerprint density at radius 1 is 1.48 bits per heavy atom. The molecule has 1 amide bonds. The van der Waals surface area contributed by atoms with Crippen LogP contribution in [0.5, 0.6) is 5.75 Å². The predicted octanol–water partition coefficient (Wildman–Crippen LogP) is 3.33. The highest BCUT2D eigenvalue weighted by Crippen LogP contribution is 2.22. The Balaban J connectivity index is 1.85. The monoisotopic (exact) mass is 290 g/mol. The number of amides is 1. The molecule has 3 N–H and O–H groups in total. The zero-order valence-corrected chi connectivity index (χ0v) is 12.5. The molecule has 1 unspecified atom stereocenters. The quantitative estimate of drug-likeness (QED) is 0.764. The van der Waals surface area contributed by atoms with Gasteiger partial charge in [-0.2, -0.15) is 0 Å². The van der Waals surface area contributed by atoms with Gasteiger partial charge < -0.3 is 20.1 Å². The number of aromatic nitrogens is 1. The first-order chi connectivity index (χ1) is 10.1. The van der Waals surface area contributed by atoms with Crippen molar-refractivity contribution in [2.45, 2.75) is 39.2 Å². The number of aromatic hydroxyl groups is 1. The molecule has 1 aromatic heterocycles. The Hall–Kier alpha value is -2.17. The fraction of sp³-hybridized carbons (Fsp3) is 0.438. The molecule has 2 rings (SSSR count). The van der Waals surface area contributed by atoms with Crippen molar-refractivity contribution in [2.24, 2.45) is 0 Å². The number of aromatic amines is 1. The molecule has 0 saturated heterocycles. The largest absolute Gasteiger partial charge is 0.508 e. The highest BCUT2D eigenvalue weighted by atomic mass is 16.6. The number of benzene rings is 1. The molecule has 0 aliphatic heterocycles. The predicted molar refractivity (Wildman–Crippen MR) is 82.5 cm³/mol. The maximum Gasteiger partial charge on any atom is 0.407 e. The molecule has 5 nitrogen and oxygen atoms in total. The lowest BCUT2D eigenvalue weighted by Crippen LogP contribution is -2.29. The molecule has 1 heterocycles. The Labute approximate surface area is 124 Å². The van der Waals surface area contributed by atoms with Crippen LogP contribution in [0.1, 0.15) is 32.3 Å². The lowest BCUT2D eigenvalue weighted by atomic mass is 10.1. The summed E-state index contributed by atoms with van der Waals surface area (Å²) in [4.78, 5) is 14.7. The molecule has 0 aliphatic carbocycles. The first kappa shape index (κ1) is 15.2. The van der Waals surface area contributed by atoms with E-state index < -0.39 is 0 Å². The second-order valence-corrected chi connectivity index (χ2v) is 5.23. The highest BCUT2D eigenvalue weighted by Gasteiger charge is 2.09. The standard InChI is InChI=1S/C16H22N2O3/c1-3-4-11(2)21-16(20)17-8-7-12-10-18-15-6-5-13(19)9-14(12)15/h5-6,9-11,18-19H,3-4,7-8H2,1-2H3,(H,17,20). The van der Waals surface area contributed by atoms with E-state index in [1.807, 2.05) is 19.2 Å². The van der Waals surface area contributed by atoms with Crippen LogP contribution in [0.3, 0.4) is 0 Å². The van der Waals surface area contributed by atoms with Crippen LogP contribution in [-0.2, 0) is 11.2 Å². The number of rotatable bonds is 6. The van der Waals surface area contributed by atoms with Crippen molar-refractivity contribution in [3.05, 3.63) is 30.0 Å². The summed E-state index contributed by atoms with van der Waals surface area (Å²) >= 11 is 0. The van der Waals surface area contributed by atoms with E-state index in [1.165, 1.54) is 0 Å². The molecule has 0 fully saturated rings. The third kappa shape index (κ3) is 4.15. The van der Waals surface area contributed by atoms with E-state index in [1.54, 1.807) is 12.1 Å². The van der Waals surface area contributed by atoms with Crippen LogP contribution in [0.25, 0.3) is 10.9 Å². The molecule has 1 atom stereocenters. The molecule has 0 spiro atoms. The van der Waals surface area contributed by atoms with Crippen LogP contribution in [-0.4, -0.2) is 28.8 Å². The first-order valence-electron chi connectivity index (χ1n) is 7.33. The SMILES string of the molecule is CCCC(C)OC(=O)NCCc1c[nH]c2ccc(O)cc12. The summed E-state index contributed by atoms with van der Waals surface area (Å²) in [5, 5.41) is 13.3. The average molecular weight is 290 g/mol. The van der Waals surface area contributed by atoms with E-state index >= 15 is 0 Å². The minimum absolute atomic E-state index is 0.0555. The fourth-order valence-electron chi connectivity index (χ4n) is 2.36. The van der Waals surface area contributed by atoms with E-state index in [2.05, 4.69) is 17.2 Å². The van der Waals surface area contributed by atoms with Crippen LogP contribution in [0.2, 0.25) is 0 Å². The highest BCUT2D eigenvalue weighted by molar-refractivity contribution is 5.84. The number of ether oxygens (including phenoxy) is 1. The van der Waals surface area contributed by atoms with Crippen LogP contribution in [0.15, 0.2) is 24.4 Å². The van der Waals surface area contributed by atoms with E-state index in [0.717, 1.165) is 29.3 Å². The van der Waals surface area contributed by atoms with Gasteiger partial charge in [0.1, 0.15) is 11.9 Å². The van der Waals surface area contributed by atoms with E-state index in [-0.39, 0.29) is 17.9 Å². The van der Waals surface area contributed by atoms with Gasteiger partial charge in [-0.05, 0) is 43.5 Å². The number of hydrogen-bond acceptors (Lipinski definition) is 3. The smallest absolute Gasteiger partial charge is 0.407 e. The van der Waals surface area contributed by atoms with Gasteiger partial charge in [-0.3, -0.25) is 0 Å². The van der Waals surface area contributed by atoms with Crippen molar-refractivity contribution in [1.82, 2.24) is 10.3 Å². The molecular formula is C16H22N2O3. The van der Waals surface area contributed by atoms with E-state index in [0.29, 0.717) is 13.0 Å². The minimum Gasteiger partial charge on any atom is -0.508 e. The molecule has 2 aromatic rings. The minimum atomic E-state index is -0.376. The van der Waals surface area contributed by atoms with Crippen molar-refractivity contribution in [2.75, 3.05) is 6.54 Å². The zero-order chi connectivity index (χ0) is 15.2. The van der Waals surface area contributed by atoms with Gasteiger partial charge in [0.2, 0.25) is 0 Å². The van der Waals surface area contributed by atoms with Gasteiger partial charge in [0, 0.05) is 23.6 Å². The molecule has 5 heteroatoms. The van der Waals surface area contributed by atoms with Crippen molar-refractivity contribution in [3.63, 3.8) is 0 Å². The molecule has 21 heavy (non-hydrogen) atoms. The molecule has 0 bridgehead atoms. The number of phenols is 1. The van der Waals surface area contributed by atoms with Crippen molar-refractivity contribution >= 4 is 17.0 Å². The lowest BCUT2D eigenvalue weighted by Gasteiger charge is -2.12. The number of fused-ring (bicyclic) bond motifs is 1. The summed E-state index contributed by atoms with van der Waals surface area (Å²) in [6.07, 6.45) is 4.01. The number of H-pyrrole nitrogens is 1. The van der Waals surface area contributed by atoms with Gasteiger partial charge in [0.05, 0.1) is 0 Å². The molecular weight excluding hydrogens is 268 g/mol. The van der Waals surface area contributed by atoms with Gasteiger partial charge in [-0.15, -0.1) is 0 Å². The molecule has 1 aromatic carbocycles. The second kappa shape index (κ2) is 7.02. The van der Waals surface area contributed by atoms with E-state index in [4.69, 9.17) is 4.74 Å². The van der Waals surface area contributed by atoms with E-state index in [9.17, 15) is 9.90 Å². The summed E-state index contributed by atoms with van der Waals surface area (Å²) in [6, 6.07) is 5.21. The summed E-state index contributed by atoms with van der Waals surface area (Å²) < 4.78 is 5.22.